The van der Waals surface area contributed by atoms with Gasteiger partial charge >= 0.3 is 0 Å². The molecule has 3 rings (SSSR count). The van der Waals surface area contributed by atoms with E-state index in [-0.39, 0.29) is 29.0 Å². The minimum absolute atomic E-state index is 0.0373. The lowest BCUT2D eigenvalue weighted by Gasteiger charge is -2.29. The third-order valence-electron chi connectivity index (χ3n) is 4.44. The first-order valence-electron chi connectivity index (χ1n) is 7.87. The lowest BCUT2D eigenvalue weighted by molar-refractivity contribution is 0.0877. The summed E-state index contributed by atoms with van der Waals surface area (Å²) in [5.74, 6) is -0.0783. The number of hydrogen-bond donors (Lipinski definition) is 0. The summed E-state index contributed by atoms with van der Waals surface area (Å²) in [7, 11) is -6.95. The molecule has 9 heteroatoms. The molecule has 2 fully saturated rings. The van der Waals surface area contributed by atoms with Gasteiger partial charge < -0.3 is 4.74 Å². The van der Waals surface area contributed by atoms with E-state index in [2.05, 4.69) is 15.9 Å². The largest absolute Gasteiger partial charge is 0.377 e. The van der Waals surface area contributed by atoms with Crippen LogP contribution in [0, 0.1) is 0 Å². The van der Waals surface area contributed by atoms with Crippen molar-refractivity contribution in [1.29, 1.82) is 0 Å². The molecule has 134 valence electrons. The third kappa shape index (κ3) is 4.01. The Labute approximate surface area is 151 Å². The maximum absolute atomic E-state index is 13.1. The van der Waals surface area contributed by atoms with Gasteiger partial charge in [0, 0.05) is 23.7 Å². The van der Waals surface area contributed by atoms with E-state index in [9.17, 15) is 16.8 Å². The van der Waals surface area contributed by atoms with Gasteiger partial charge in [0.15, 0.2) is 9.84 Å². The van der Waals surface area contributed by atoms with Crippen LogP contribution in [0.3, 0.4) is 0 Å². The van der Waals surface area contributed by atoms with Crippen LogP contribution in [0.25, 0.3) is 0 Å². The Morgan fingerprint density at radius 1 is 1.21 bits per heavy atom. The highest BCUT2D eigenvalue weighted by Gasteiger charge is 2.40. The van der Waals surface area contributed by atoms with Gasteiger partial charge in [0.2, 0.25) is 10.0 Å². The highest BCUT2D eigenvalue weighted by molar-refractivity contribution is 9.10. The molecular formula is C15H20BrNO5S2. The molecule has 0 bridgehead atoms. The Balaban J connectivity index is 1.91. The first-order chi connectivity index (χ1) is 11.3. The average molecular weight is 438 g/mol. The van der Waals surface area contributed by atoms with Crippen LogP contribution in [0.1, 0.15) is 19.3 Å². The Morgan fingerprint density at radius 2 is 1.92 bits per heavy atom. The van der Waals surface area contributed by atoms with E-state index in [1.54, 1.807) is 12.1 Å². The number of rotatable bonds is 5. The fraction of sp³-hybridized carbons (Fsp3) is 0.600. The van der Waals surface area contributed by atoms with Gasteiger partial charge in [-0.25, -0.2) is 16.8 Å². The topological polar surface area (TPSA) is 80.8 Å². The predicted molar refractivity (Wildman–Crippen MR) is 94.1 cm³/mol. The van der Waals surface area contributed by atoms with Gasteiger partial charge in [-0.15, -0.1) is 0 Å². The second kappa shape index (κ2) is 7.03. The molecule has 2 saturated heterocycles. The lowest BCUT2D eigenvalue weighted by Crippen LogP contribution is -2.45. The second-order valence-electron chi connectivity index (χ2n) is 6.22. The molecule has 0 aromatic heterocycles. The van der Waals surface area contributed by atoms with Crippen molar-refractivity contribution in [1.82, 2.24) is 4.31 Å². The molecule has 1 aromatic rings. The Hall–Kier alpha value is -0.480. The van der Waals surface area contributed by atoms with Crippen LogP contribution >= 0.6 is 15.9 Å². The number of ether oxygens (including phenoxy) is 1. The van der Waals surface area contributed by atoms with Crippen molar-refractivity contribution in [2.45, 2.75) is 36.3 Å². The molecule has 0 amide bonds. The van der Waals surface area contributed by atoms with E-state index in [1.165, 1.54) is 16.4 Å². The summed E-state index contributed by atoms with van der Waals surface area (Å²) in [6.45, 7) is 0.832. The molecule has 2 aliphatic rings. The van der Waals surface area contributed by atoms with Crippen LogP contribution in [0.4, 0.5) is 0 Å². The van der Waals surface area contributed by atoms with Crippen LogP contribution < -0.4 is 0 Å². The maximum Gasteiger partial charge on any atom is 0.243 e. The number of benzene rings is 1. The molecule has 0 spiro atoms. The summed E-state index contributed by atoms with van der Waals surface area (Å²) in [6, 6.07) is 5.88. The normalized spacial score (nSPS) is 26.9. The Kier molecular flexibility index (Phi) is 5.36. The van der Waals surface area contributed by atoms with E-state index in [4.69, 9.17) is 4.74 Å². The first kappa shape index (κ1) is 18.3. The van der Waals surface area contributed by atoms with Crippen molar-refractivity contribution in [3.63, 3.8) is 0 Å². The highest BCUT2D eigenvalue weighted by atomic mass is 79.9. The molecule has 6 nitrogen and oxygen atoms in total. The highest BCUT2D eigenvalue weighted by Crippen LogP contribution is 2.28. The molecule has 1 aromatic carbocycles. The average Bonchev–Trinajstić information content (AvgIpc) is 3.14. The summed E-state index contributed by atoms with van der Waals surface area (Å²) < 4.78 is 57.6. The number of nitrogens with zero attached hydrogens (tertiary/aromatic N) is 1. The lowest BCUT2D eigenvalue weighted by atomic mass is 10.2. The minimum Gasteiger partial charge on any atom is -0.377 e. The van der Waals surface area contributed by atoms with Crippen molar-refractivity contribution in [3.05, 3.63) is 28.7 Å². The molecule has 0 N–H and O–H groups in total. The van der Waals surface area contributed by atoms with Crippen molar-refractivity contribution in [2.24, 2.45) is 0 Å². The summed E-state index contributed by atoms with van der Waals surface area (Å²) in [5.41, 5.74) is 0. The van der Waals surface area contributed by atoms with Gasteiger partial charge in [0.05, 0.1) is 22.5 Å². The van der Waals surface area contributed by atoms with E-state index in [0.717, 1.165) is 17.3 Å². The van der Waals surface area contributed by atoms with Gasteiger partial charge in [-0.05, 0) is 43.5 Å². The van der Waals surface area contributed by atoms with E-state index in [0.29, 0.717) is 13.0 Å². The molecule has 2 heterocycles. The van der Waals surface area contributed by atoms with Gasteiger partial charge in [-0.3, -0.25) is 0 Å². The molecule has 2 aliphatic heterocycles. The van der Waals surface area contributed by atoms with Crippen molar-refractivity contribution in [3.8, 4) is 0 Å². The second-order valence-corrected chi connectivity index (χ2v) is 11.3. The Morgan fingerprint density at radius 3 is 2.46 bits per heavy atom. The van der Waals surface area contributed by atoms with Gasteiger partial charge in [0.1, 0.15) is 0 Å². The quantitative estimate of drug-likeness (QED) is 0.701. The van der Waals surface area contributed by atoms with E-state index >= 15 is 0 Å². The van der Waals surface area contributed by atoms with Crippen LogP contribution in [-0.2, 0) is 24.6 Å². The summed E-state index contributed by atoms with van der Waals surface area (Å²) in [5, 5.41) is 0. The molecule has 24 heavy (non-hydrogen) atoms. The zero-order chi connectivity index (χ0) is 17.4. The minimum atomic E-state index is -3.77. The molecule has 0 radical (unpaired) electrons. The number of sulfone groups is 1. The number of halogens is 1. The first-order valence-corrected chi connectivity index (χ1v) is 11.9. The summed E-state index contributed by atoms with van der Waals surface area (Å²) in [4.78, 5) is 0.174. The molecule has 0 aliphatic carbocycles. The zero-order valence-corrected chi connectivity index (χ0v) is 16.3. The fourth-order valence-electron chi connectivity index (χ4n) is 3.18. The van der Waals surface area contributed by atoms with E-state index < -0.39 is 25.9 Å². The number of hydrogen-bond acceptors (Lipinski definition) is 5. The molecule has 0 saturated carbocycles. The predicted octanol–water partition coefficient (Wildman–Crippen LogP) is 1.81. The monoisotopic (exact) mass is 437 g/mol. The summed E-state index contributed by atoms with van der Waals surface area (Å²) >= 11 is 3.29. The van der Waals surface area contributed by atoms with Crippen molar-refractivity contribution in [2.75, 3.05) is 24.7 Å². The zero-order valence-electron chi connectivity index (χ0n) is 13.1. The van der Waals surface area contributed by atoms with Crippen LogP contribution in [-0.4, -0.2) is 57.9 Å². The SMILES string of the molecule is O=S1(=O)CC[C@H](N(C[C@@H]2CCCO2)S(=O)(=O)c2ccc(Br)cc2)C1. The van der Waals surface area contributed by atoms with Crippen LogP contribution in [0.2, 0.25) is 0 Å². The molecule has 2 atom stereocenters. The van der Waals surface area contributed by atoms with Crippen LogP contribution in [0.15, 0.2) is 33.6 Å². The van der Waals surface area contributed by atoms with Gasteiger partial charge in [-0.1, -0.05) is 15.9 Å². The van der Waals surface area contributed by atoms with Crippen molar-refractivity contribution < 1.29 is 21.6 Å². The van der Waals surface area contributed by atoms with Crippen molar-refractivity contribution >= 4 is 35.8 Å². The molecular weight excluding hydrogens is 418 g/mol. The Bertz CT molecular complexity index is 786. The van der Waals surface area contributed by atoms with Crippen LogP contribution in [0.5, 0.6) is 0 Å². The summed E-state index contributed by atoms with van der Waals surface area (Å²) in [6.07, 6.45) is 1.87. The van der Waals surface area contributed by atoms with Gasteiger partial charge in [-0.2, -0.15) is 4.31 Å². The smallest absolute Gasteiger partial charge is 0.243 e. The molecule has 0 unspecified atom stereocenters. The number of sulfonamides is 1. The third-order valence-corrected chi connectivity index (χ3v) is 8.66. The fourth-order valence-corrected chi connectivity index (χ4v) is 6.95. The van der Waals surface area contributed by atoms with Gasteiger partial charge in [0.25, 0.3) is 0 Å². The maximum atomic E-state index is 13.1. The standard InChI is InChI=1S/C15H20BrNO5S2/c16-12-3-5-15(6-4-12)24(20,21)17(10-14-2-1-8-22-14)13-7-9-23(18,19)11-13/h3-6,13-14H,1-2,7-11H2/t13-,14-/m0/s1. The van der Waals surface area contributed by atoms with E-state index in [1.807, 2.05) is 0 Å².